The molecule has 0 saturated heterocycles. The van der Waals surface area contributed by atoms with Crippen LogP contribution in [0.2, 0.25) is 0 Å². The van der Waals surface area contributed by atoms with E-state index in [4.69, 9.17) is 4.74 Å². The lowest BCUT2D eigenvalue weighted by atomic mass is 9.99. The number of unbranched alkanes of at least 4 members (excludes halogenated alkanes) is 2. The summed E-state index contributed by atoms with van der Waals surface area (Å²) in [6, 6.07) is 17.3. The highest BCUT2D eigenvalue weighted by Gasteiger charge is 2.41. The van der Waals surface area contributed by atoms with Crippen molar-refractivity contribution in [2.24, 2.45) is 0 Å². The normalized spacial score (nSPS) is 17.6. The number of carbonyl (C=O) groups is 1. The predicted molar refractivity (Wildman–Crippen MR) is 132 cm³/mol. The number of benzene rings is 2. The van der Waals surface area contributed by atoms with Gasteiger partial charge in [-0.05, 0) is 35.6 Å². The molecular formula is C28H29NO4. The topological polar surface area (TPSA) is 69.4 Å². The minimum Gasteiger partial charge on any atom is -0.311 e. The number of ketones is 1. The number of allylic oxidation sites excluding steroid dienone is 3. The summed E-state index contributed by atoms with van der Waals surface area (Å²) in [4.78, 5) is 23.6. The Morgan fingerprint density at radius 1 is 1.03 bits per heavy atom. The van der Waals surface area contributed by atoms with Gasteiger partial charge in [-0.25, -0.2) is 0 Å². The molecule has 0 fully saturated rings. The standard InChI is InChI=1S/C28H29NO4/c1-2-23-14-16-26(17-15-23)27(30)11-7-4-8-22-33-28(29(31)32)20-18-25(19-21-28)13-12-24-9-5-3-6-10-24/h2-3,5-6,9-10,12-20H,1,4,7-8,11,21-22H2. The van der Waals surface area contributed by atoms with E-state index in [1.54, 1.807) is 12.2 Å². The number of ether oxygens (including phenoxy) is 1. The number of hydrogen-bond acceptors (Lipinski definition) is 4. The number of carbonyl (C=O) groups excluding carboxylic acids is 1. The van der Waals surface area contributed by atoms with Gasteiger partial charge in [-0.15, -0.1) is 0 Å². The Morgan fingerprint density at radius 3 is 2.42 bits per heavy atom. The largest absolute Gasteiger partial charge is 0.348 e. The van der Waals surface area contributed by atoms with Crippen LogP contribution in [0.3, 0.4) is 0 Å². The maximum atomic E-state index is 12.3. The summed E-state index contributed by atoms with van der Waals surface area (Å²) in [7, 11) is 0. The third-order valence-corrected chi connectivity index (χ3v) is 5.61. The Morgan fingerprint density at radius 2 is 1.79 bits per heavy atom. The average molecular weight is 444 g/mol. The molecule has 1 aliphatic carbocycles. The molecule has 0 bridgehead atoms. The molecule has 1 atom stereocenters. The van der Waals surface area contributed by atoms with Crippen molar-refractivity contribution >= 4 is 17.9 Å². The van der Waals surface area contributed by atoms with Gasteiger partial charge < -0.3 is 4.74 Å². The number of Topliss-reactive ketones (excluding diaryl/α,β-unsaturated/α-hetero) is 1. The van der Waals surface area contributed by atoms with E-state index in [0.29, 0.717) is 18.4 Å². The van der Waals surface area contributed by atoms with Crippen molar-refractivity contribution < 1.29 is 14.5 Å². The van der Waals surface area contributed by atoms with Crippen molar-refractivity contribution in [1.29, 1.82) is 0 Å². The molecule has 0 amide bonds. The molecule has 1 unspecified atom stereocenters. The van der Waals surface area contributed by atoms with E-state index < -0.39 is 5.72 Å². The van der Waals surface area contributed by atoms with Crippen LogP contribution in [0.5, 0.6) is 0 Å². The lowest BCUT2D eigenvalue weighted by Gasteiger charge is -2.23. The molecule has 1 aliphatic rings. The highest BCUT2D eigenvalue weighted by molar-refractivity contribution is 5.96. The first-order chi connectivity index (χ1) is 16.0. The third-order valence-electron chi connectivity index (χ3n) is 5.61. The van der Waals surface area contributed by atoms with E-state index in [2.05, 4.69) is 6.58 Å². The lowest BCUT2D eigenvalue weighted by molar-refractivity contribution is -0.613. The zero-order chi connectivity index (χ0) is 23.5. The van der Waals surface area contributed by atoms with Gasteiger partial charge >= 0.3 is 5.72 Å². The molecule has 3 rings (SSSR count). The second-order valence-electron chi connectivity index (χ2n) is 8.00. The molecule has 0 aliphatic heterocycles. The third kappa shape index (κ3) is 6.96. The van der Waals surface area contributed by atoms with Gasteiger partial charge in [0.25, 0.3) is 0 Å². The van der Waals surface area contributed by atoms with Crippen molar-refractivity contribution in [3.05, 3.63) is 118 Å². The minimum atomic E-state index is -1.52. The van der Waals surface area contributed by atoms with Crippen LogP contribution < -0.4 is 0 Å². The maximum absolute atomic E-state index is 12.3. The summed E-state index contributed by atoms with van der Waals surface area (Å²) >= 11 is 0. The fourth-order valence-electron chi connectivity index (χ4n) is 3.56. The molecule has 170 valence electrons. The van der Waals surface area contributed by atoms with Gasteiger partial charge in [0.15, 0.2) is 5.78 Å². The quantitative estimate of drug-likeness (QED) is 0.121. The number of rotatable bonds is 12. The fourth-order valence-corrected chi connectivity index (χ4v) is 3.56. The molecule has 0 heterocycles. The van der Waals surface area contributed by atoms with E-state index in [-0.39, 0.29) is 23.7 Å². The van der Waals surface area contributed by atoms with Crippen molar-refractivity contribution in [3.8, 4) is 0 Å². The summed E-state index contributed by atoms with van der Waals surface area (Å²) in [5.74, 6) is 0.102. The molecule has 2 aromatic carbocycles. The first-order valence-corrected chi connectivity index (χ1v) is 11.2. The molecule has 0 N–H and O–H groups in total. The van der Waals surface area contributed by atoms with Crippen molar-refractivity contribution in [2.45, 2.75) is 37.8 Å². The molecule has 0 spiro atoms. The number of nitrogens with zero attached hydrogens (tertiary/aromatic N) is 1. The summed E-state index contributed by atoms with van der Waals surface area (Å²) in [5, 5.41) is 11.7. The second kappa shape index (κ2) is 11.9. The van der Waals surface area contributed by atoms with E-state index in [1.165, 1.54) is 6.08 Å². The maximum Gasteiger partial charge on any atom is 0.348 e. The summed E-state index contributed by atoms with van der Waals surface area (Å²) < 4.78 is 5.71. The Hall–Kier alpha value is -3.57. The predicted octanol–water partition coefficient (Wildman–Crippen LogP) is 6.66. The highest BCUT2D eigenvalue weighted by atomic mass is 16.7. The van der Waals surface area contributed by atoms with Gasteiger partial charge in [0.05, 0.1) is 18.0 Å². The molecule has 5 nitrogen and oxygen atoms in total. The van der Waals surface area contributed by atoms with Crippen molar-refractivity contribution in [2.75, 3.05) is 6.61 Å². The van der Waals surface area contributed by atoms with Crippen LogP contribution in [-0.2, 0) is 4.74 Å². The Kier molecular flexibility index (Phi) is 8.67. The SMILES string of the molecule is C=Cc1ccc(C(=O)CCCCCOC2([N+](=O)[O-])C=CC(C=Cc3ccccc3)=CC2)cc1. The summed E-state index contributed by atoms with van der Waals surface area (Å²) in [6.45, 7) is 3.98. The molecule has 0 saturated carbocycles. The molecule has 0 radical (unpaired) electrons. The van der Waals surface area contributed by atoms with Crippen molar-refractivity contribution in [3.63, 3.8) is 0 Å². The van der Waals surface area contributed by atoms with Gasteiger partial charge in [0.2, 0.25) is 0 Å². The molecule has 2 aromatic rings. The van der Waals surface area contributed by atoms with Gasteiger partial charge in [0, 0.05) is 18.1 Å². The average Bonchev–Trinajstić information content (AvgIpc) is 2.86. The molecular weight excluding hydrogens is 414 g/mol. The Bertz CT molecular complexity index is 1050. The zero-order valence-electron chi connectivity index (χ0n) is 18.7. The van der Waals surface area contributed by atoms with E-state index in [1.807, 2.05) is 72.8 Å². The molecule has 0 aromatic heterocycles. The van der Waals surface area contributed by atoms with Crippen LogP contribution in [-0.4, -0.2) is 23.0 Å². The molecule has 33 heavy (non-hydrogen) atoms. The highest BCUT2D eigenvalue weighted by Crippen LogP contribution is 2.27. The first kappa shape index (κ1) is 24.1. The van der Waals surface area contributed by atoms with Crippen molar-refractivity contribution in [1.82, 2.24) is 0 Å². The summed E-state index contributed by atoms with van der Waals surface area (Å²) in [5.41, 5.74) is 2.14. The first-order valence-electron chi connectivity index (χ1n) is 11.2. The lowest BCUT2D eigenvalue weighted by Crippen LogP contribution is -2.40. The van der Waals surface area contributed by atoms with Crippen LogP contribution >= 0.6 is 0 Å². The van der Waals surface area contributed by atoms with Crippen LogP contribution in [0.4, 0.5) is 0 Å². The molecule has 5 heteroatoms. The fraction of sp³-hybridized carbons (Fsp3) is 0.250. The monoisotopic (exact) mass is 443 g/mol. The van der Waals surface area contributed by atoms with Gasteiger partial charge in [-0.1, -0.05) is 91.9 Å². The van der Waals surface area contributed by atoms with E-state index in [9.17, 15) is 14.9 Å². The van der Waals surface area contributed by atoms with Crippen LogP contribution in [0, 0.1) is 10.1 Å². The smallest absolute Gasteiger partial charge is 0.311 e. The number of hydrogen-bond donors (Lipinski definition) is 0. The van der Waals surface area contributed by atoms with Gasteiger partial charge in [-0.3, -0.25) is 14.9 Å². The Labute approximate surface area is 194 Å². The minimum absolute atomic E-state index is 0.102. The van der Waals surface area contributed by atoms with Gasteiger partial charge in [-0.2, -0.15) is 0 Å². The summed E-state index contributed by atoms with van der Waals surface area (Å²) in [6.07, 6.45) is 13.6. The Balaban J connectivity index is 1.41. The number of nitro groups is 1. The van der Waals surface area contributed by atoms with Gasteiger partial charge in [0.1, 0.15) is 0 Å². The second-order valence-corrected chi connectivity index (χ2v) is 8.00. The van der Waals surface area contributed by atoms with Crippen LogP contribution in [0.1, 0.15) is 53.6 Å². The van der Waals surface area contributed by atoms with Crippen LogP contribution in [0.25, 0.3) is 12.2 Å². The zero-order valence-corrected chi connectivity index (χ0v) is 18.7. The van der Waals surface area contributed by atoms with Crippen LogP contribution in [0.15, 0.2) is 91.1 Å². The van der Waals surface area contributed by atoms with E-state index >= 15 is 0 Å². The van der Waals surface area contributed by atoms with E-state index in [0.717, 1.165) is 29.5 Å².